The van der Waals surface area contributed by atoms with Crippen molar-refractivity contribution >= 4 is 44.8 Å². The van der Waals surface area contributed by atoms with Crippen molar-refractivity contribution in [3.8, 4) is 5.75 Å². The zero-order chi connectivity index (χ0) is 20.9. The molecule has 0 aliphatic carbocycles. The molecule has 0 aromatic heterocycles. The van der Waals surface area contributed by atoms with Gasteiger partial charge in [-0.2, -0.15) is 0 Å². The highest BCUT2D eigenvalue weighted by Crippen LogP contribution is 2.33. The van der Waals surface area contributed by atoms with E-state index in [4.69, 9.17) is 27.9 Å². The number of ether oxygens (including phenoxy) is 1. The van der Waals surface area contributed by atoms with Crippen LogP contribution in [-0.2, 0) is 14.8 Å². The van der Waals surface area contributed by atoms with Crippen molar-refractivity contribution < 1.29 is 17.9 Å². The highest BCUT2D eigenvalue weighted by atomic mass is 35.5. The van der Waals surface area contributed by atoms with Gasteiger partial charge in [0.15, 0.2) is 0 Å². The predicted molar refractivity (Wildman–Crippen MR) is 112 cm³/mol. The van der Waals surface area contributed by atoms with Gasteiger partial charge in [-0.25, -0.2) is 8.42 Å². The minimum Gasteiger partial charge on any atom is -0.495 e. The van der Waals surface area contributed by atoms with Gasteiger partial charge in [-0.3, -0.25) is 9.10 Å². The van der Waals surface area contributed by atoms with Gasteiger partial charge in [0.1, 0.15) is 17.2 Å². The molecule has 0 bridgehead atoms. The van der Waals surface area contributed by atoms with Crippen molar-refractivity contribution in [2.75, 3.05) is 24.5 Å². The molecule has 0 atom stereocenters. The molecule has 0 radical (unpaired) electrons. The molecule has 0 aliphatic heterocycles. The SMILES string of the molecule is C=CCNC(=O)CN(c1ccc(Cl)c(Cl)c1)S(=O)(=O)c1cc(C)ccc1OC. The van der Waals surface area contributed by atoms with E-state index in [1.807, 2.05) is 0 Å². The molecule has 0 heterocycles. The van der Waals surface area contributed by atoms with Gasteiger partial charge in [0, 0.05) is 6.54 Å². The fourth-order valence-electron chi connectivity index (χ4n) is 2.43. The molecule has 0 saturated carbocycles. The van der Waals surface area contributed by atoms with Gasteiger partial charge in [-0.05, 0) is 42.8 Å². The summed E-state index contributed by atoms with van der Waals surface area (Å²) in [6, 6.07) is 9.13. The van der Waals surface area contributed by atoms with Crippen LogP contribution in [-0.4, -0.2) is 34.5 Å². The van der Waals surface area contributed by atoms with Crippen LogP contribution in [0.3, 0.4) is 0 Å². The van der Waals surface area contributed by atoms with Gasteiger partial charge in [-0.1, -0.05) is 35.3 Å². The van der Waals surface area contributed by atoms with E-state index in [0.717, 1.165) is 9.87 Å². The van der Waals surface area contributed by atoms with E-state index >= 15 is 0 Å². The maximum Gasteiger partial charge on any atom is 0.268 e. The second kappa shape index (κ2) is 9.32. The van der Waals surface area contributed by atoms with Crippen LogP contribution in [0.25, 0.3) is 0 Å². The van der Waals surface area contributed by atoms with E-state index in [1.165, 1.54) is 37.5 Å². The zero-order valence-corrected chi connectivity index (χ0v) is 17.7. The first kappa shape index (κ1) is 22.1. The Morgan fingerprint density at radius 1 is 1.21 bits per heavy atom. The molecule has 1 amide bonds. The lowest BCUT2D eigenvalue weighted by Crippen LogP contribution is -2.41. The Balaban J connectivity index is 2.59. The number of nitrogens with zero attached hydrogens (tertiary/aromatic N) is 1. The molecule has 0 unspecified atom stereocenters. The molecule has 0 aliphatic rings. The smallest absolute Gasteiger partial charge is 0.268 e. The van der Waals surface area contributed by atoms with Gasteiger partial charge in [0.05, 0.1) is 22.8 Å². The standard InChI is InChI=1S/C19H20Cl2N2O4S/c1-4-9-22-19(24)12-23(14-6-7-15(20)16(21)11-14)28(25,26)18-10-13(2)5-8-17(18)27-3/h4-8,10-11H,1,9,12H2,2-3H3,(H,22,24). The molecule has 1 N–H and O–H groups in total. The molecule has 6 nitrogen and oxygen atoms in total. The molecule has 150 valence electrons. The van der Waals surface area contributed by atoms with E-state index in [-0.39, 0.29) is 32.9 Å². The number of halogens is 2. The van der Waals surface area contributed by atoms with Crippen LogP contribution in [0.1, 0.15) is 5.56 Å². The summed E-state index contributed by atoms with van der Waals surface area (Å²) < 4.78 is 33.1. The van der Waals surface area contributed by atoms with Crippen LogP contribution in [0, 0.1) is 6.92 Å². The number of rotatable bonds is 8. The summed E-state index contributed by atoms with van der Waals surface area (Å²) in [7, 11) is -2.77. The predicted octanol–water partition coefficient (Wildman–Crippen LogP) is 3.81. The van der Waals surface area contributed by atoms with Crippen molar-refractivity contribution in [3.63, 3.8) is 0 Å². The number of amides is 1. The number of carbonyl (C=O) groups excluding carboxylic acids is 1. The fraction of sp³-hybridized carbons (Fsp3) is 0.211. The monoisotopic (exact) mass is 442 g/mol. The molecule has 9 heteroatoms. The number of methoxy groups -OCH3 is 1. The van der Waals surface area contributed by atoms with E-state index in [2.05, 4.69) is 11.9 Å². The summed E-state index contributed by atoms with van der Waals surface area (Å²) in [5, 5.41) is 3.01. The number of hydrogen-bond acceptors (Lipinski definition) is 4. The van der Waals surface area contributed by atoms with Crippen molar-refractivity contribution in [2.24, 2.45) is 0 Å². The summed E-state index contributed by atoms with van der Waals surface area (Å²) >= 11 is 12.0. The van der Waals surface area contributed by atoms with Gasteiger partial charge >= 0.3 is 0 Å². The largest absolute Gasteiger partial charge is 0.495 e. The number of anilines is 1. The number of carbonyl (C=O) groups is 1. The van der Waals surface area contributed by atoms with Gasteiger partial charge in [-0.15, -0.1) is 6.58 Å². The van der Waals surface area contributed by atoms with E-state index in [1.54, 1.807) is 19.1 Å². The lowest BCUT2D eigenvalue weighted by molar-refractivity contribution is -0.119. The summed E-state index contributed by atoms with van der Waals surface area (Å²) in [6.45, 7) is 5.04. The van der Waals surface area contributed by atoms with E-state index in [9.17, 15) is 13.2 Å². The van der Waals surface area contributed by atoms with Crippen molar-refractivity contribution in [1.82, 2.24) is 5.32 Å². The van der Waals surface area contributed by atoms with Crippen molar-refractivity contribution in [3.05, 3.63) is 64.7 Å². The van der Waals surface area contributed by atoms with Crippen molar-refractivity contribution in [1.29, 1.82) is 0 Å². The molecular weight excluding hydrogens is 423 g/mol. The first-order chi connectivity index (χ1) is 13.2. The highest BCUT2D eigenvalue weighted by molar-refractivity contribution is 7.93. The van der Waals surface area contributed by atoms with E-state index < -0.39 is 22.5 Å². The maximum atomic E-state index is 13.4. The first-order valence-corrected chi connectivity index (χ1v) is 10.4. The van der Waals surface area contributed by atoms with Gasteiger partial charge in [0.25, 0.3) is 10.0 Å². The lowest BCUT2D eigenvalue weighted by Gasteiger charge is -2.25. The third kappa shape index (κ3) is 4.98. The van der Waals surface area contributed by atoms with Gasteiger partial charge in [0.2, 0.25) is 5.91 Å². The third-order valence-electron chi connectivity index (χ3n) is 3.81. The van der Waals surface area contributed by atoms with Crippen LogP contribution >= 0.6 is 23.2 Å². The second-order valence-corrected chi connectivity index (χ2v) is 8.50. The summed E-state index contributed by atoms with van der Waals surface area (Å²) in [4.78, 5) is 12.2. The summed E-state index contributed by atoms with van der Waals surface area (Å²) in [5.74, 6) is -0.330. The lowest BCUT2D eigenvalue weighted by atomic mass is 10.2. The minimum absolute atomic E-state index is 0.0578. The number of aryl methyl sites for hydroxylation is 1. The Morgan fingerprint density at radius 2 is 1.93 bits per heavy atom. The number of benzene rings is 2. The molecule has 2 aromatic rings. The molecule has 2 aromatic carbocycles. The Labute approximate surface area is 174 Å². The third-order valence-corrected chi connectivity index (χ3v) is 6.34. The van der Waals surface area contributed by atoms with Crippen molar-refractivity contribution in [2.45, 2.75) is 11.8 Å². The second-order valence-electron chi connectivity index (χ2n) is 5.86. The average molecular weight is 443 g/mol. The van der Waals surface area contributed by atoms with E-state index in [0.29, 0.717) is 0 Å². The molecule has 0 spiro atoms. The first-order valence-electron chi connectivity index (χ1n) is 8.20. The van der Waals surface area contributed by atoms with Crippen LogP contribution in [0.4, 0.5) is 5.69 Å². The highest BCUT2D eigenvalue weighted by Gasteiger charge is 2.30. The topological polar surface area (TPSA) is 75.7 Å². The Hall–Kier alpha value is -2.22. The van der Waals surface area contributed by atoms with Crippen LogP contribution in [0.15, 0.2) is 53.9 Å². The Kier molecular flexibility index (Phi) is 7.35. The minimum atomic E-state index is -4.15. The Bertz CT molecular complexity index is 993. The molecule has 0 saturated heterocycles. The number of sulfonamides is 1. The summed E-state index contributed by atoms with van der Waals surface area (Å²) in [5.41, 5.74) is 0.927. The fourth-order valence-corrected chi connectivity index (χ4v) is 4.38. The number of nitrogens with one attached hydrogen (secondary N) is 1. The van der Waals surface area contributed by atoms with Crippen LogP contribution < -0.4 is 14.4 Å². The molecule has 28 heavy (non-hydrogen) atoms. The number of hydrogen-bond donors (Lipinski definition) is 1. The average Bonchev–Trinajstić information content (AvgIpc) is 2.66. The van der Waals surface area contributed by atoms with Crippen LogP contribution in [0.5, 0.6) is 5.75 Å². The quantitative estimate of drug-likeness (QED) is 0.630. The maximum absolute atomic E-state index is 13.4. The molecule has 0 fully saturated rings. The van der Waals surface area contributed by atoms with Crippen LogP contribution in [0.2, 0.25) is 10.0 Å². The zero-order valence-electron chi connectivity index (χ0n) is 15.4. The van der Waals surface area contributed by atoms with Gasteiger partial charge < -0.3 is 10.1 Å². The Morgan fingerprint density at radius 3 is 2.54 bits per heavy atom. The normalized spacial score (nSPS) is 11.0. The summed E-state index contributed by atoms with van der Waals surface area (Å²) in [6.07, 6.45) is 1.50. The molecular formula is C19H20Cl2N2O4S. The molecule has 2 rings (SSSR count).